The number of carbonyl (C=O) groups is 2. The molecule has 2 amide bonds. The van der Waals surface area contributed by atoms with E-state index in [-0.39, 0.29) is 17.9 Å². The summed E-state index contributed by atoms with van der Waals surface area (Å²) >= 11 is 0. The summed E-state index contributed by atoms with van der Waals surface area (Å²) in [6.07, 6.45) is 2.03. The van der Waals surface area contributed by atoms with Gasteiger partial charge in [-0.15, -0.1) is 0 Å². The Morgan fingerprint density at radius 1 is 0.865 bits per heavy atom. The van der Waals surface area contributed by atoms with E-state index in [1.54, 1.807) is 0 Å². The van der Waals surface area contributed by atoms with E-state index < -0.39 is 0 Å². The van der Waals surface area contributed by atoms with Crippen LogP contribution >= 0.6 is 0 Å². The minimum absolute atomic E-state index is 0.0271. The summed E-state index contributed by atoms with van der Waals surface area (Å²) in [7, 11) is 1.99. The van der Waals surface area contributed by atoms with Crippen molar-refractivity contribution in [2.24, 2.45) is 30.7 Å². The molecule has 4 aromatic rings. The number of ether oxygens (including phenoxy) is 1. The van der Waals surface area contributed by atoms with Gasteiger partial charge in [0.1, 0.15) is 16.8 Å². The number of benzene rings is 2. The Labute approximate surface area is 214 Å². The molecule has 2 aromatic carbocycles. The van der Waals surface area contributed by atoms with Gasteiger partial charge >= 0.3 is 0 Å². The Hall–Kier alpha value is -3.88. The maximum absolute atomic E-state index is 13.6. The van der Waals surface area contributed by atoms with E-state index in [0.717, 1.165) is 48.3 Å². The molecule has 0 bridgehead atoms. The lowest BCUT2D eigenvalue weighted by Crippen LogP contribution is -2.44. The van der Waals surface area contributed by atoms with Gasteiger partial charge in [0.05, 0.1) is 11.6 Å². The molecule has 3 fully saturated rings. The van der Waals surface area contributed by atoms with Crippen LogP contribution in [-0.2, 0) is 7.05 Å². The molecular weight excluding hydrogens is 468 g/mol. The molecule has 2 saturated heterocycles. The molecule has 2 aromatic heterocycles. The quantitative estimate of drug-likeness (QED) is 0.466. The molecule has 190 valence electrons. The molecule has 4 atom stereocenters. The van der Waals surface area contributed by atoms with E-state index in [0.29, 0.717) is 40.3 Å². The minimum Gasteiger partial charge on any atom is -0.490 e. The number of aromatic nitrogens is 4. The zero-order valence-corrected chi connectivity index (χ0v) is 21.2. The number of likely N-dealkylation sites (tertiary alicyclic amines) is 2. The fraction of sp³-hybridized carbons (Fsp3) is 0.429. The van der Waals surface area contributed by atoms with Crippen LogP contribution in [0.5, 0.6) is 5.75 Å². The zero-order chi connectivity index (χ0) is 25.4. The largest absolute Gasteiger partial charge is 0.490 e. The van der Waals surface area contributed by atoms with Crippen LogP contribution in [0.25, 0.3) is 21.9 Å². The number of aromatic amines is 1. The molecule has 9 heteroatoms. The Balaban J connectivity index is 1.06. The summed E-state index contributed by atoms with van der Waals surface area (Å²) in [5, 5.41) is 11.8. The molecule has 1 N–H and O–H groups in total. The summed E-state index contributed by atoms with van der Waals surface area (Å²) in [4.78, 5) is 30.8. The van der Waals surface area contributed by atoms with Crippen LogP contribution < -0.4 is 4.74 Å². The predicted molar refractivity (Wildman–Crippen MR) is 138 cm³/mol. The van der Waals surface area contributed by atoms with Gasteiger partial charge in [-0.2, -0.15) is 15.4 Å². The number of aryl methyl sites for hydroxylation is 1. The van der Waals surface area contributed by atoms with Gasteiger partial charge in [-0.25, -0.2) is 0 Å². The monoisotopic (exact) mass is 498 g/mol. The molecule has 7 rings (SSSR count). The number of fused-ring (bicyclic) bond motifs is 6. The van der Waals surface area contributed by atoms with Crippen molar-refractivity contribution in [1.29, 1.82) is 0 Å². The lowest BCUT2D eigenvalue weighted by molar-refractivity contribution is 0.0629. The number of amides is 2. The SMILES string of the molecule is CC(C)Oc1cc(C(=O)N2CC3C(C2)[C@@H]2CN(C(=O)c4ccc5n[nH]nc5c4)C[C@H]32)cc2c1ccn2C. The lowest BCUT2D eigenvalue weighted by Gasteiger charge is -2.42. The third-order valence-electron chi connectivity index (χ3n) is 8.64. The van der Waals surface area contributed by atoms with Gasteiger partial charge in [0.15, 0.2) is 0 Å². The van der Waals surface area contributed by atoms with Crippen molar-refractivity contribution in [1.82, 2.24) is 29.8 Å². The van der Waals surface area contributed by atoms with Gasteiger partial charge in [0, 0.05) is 55.9 Å². The number of rotatable bonds is 4. The summed E-state index contributed by atoms with van der Waals surface area (Å²) in [6, 6.07) is 11.4. The maximum Gasteiger partial charge on any atom is 0.254 e. The molecule has 3 aliphatic rings. The van der Waals surface area contributed by atoms with E-state index in [1.807, 2.05) is 77.9 Å². The number of H-pyrrole nitrogens is 1. The van der Waals surface area contributed by atoms with Gasteiger partial charge in [-0.1, -0.05) is 0 Å². The number of carbonyl (C=O) groups excluding carboxylic acids is 2. The molecule has 2 aliphatic heterocycles. The number of nitrogens with zero attached hydrogens (tertiary/aromatic N) is 5. The van der Waals surface area contributed by atoms with Crippen LogP contribution in [0.2, 0.25) is 0 Å². The third kappa shape index (κ3) is 3.43. The molecule has 0 spiro atoms. The van der Waals surface area contributed by atoms with Crippen molar-refractivity contribution < 1.29 is 14.3 Å². The van der Waals surface area contributed by atoms with Crippen LogP contribution in [0.1, 0.15) is 34.6 Å². The predicted octanol–water partition coefficient (Wildman–Crippen LogP) is 3.33. The molecule has 0 radical (unpaired) electrons. The lowest BCUT2D eigenvalue weighted by atomic mass is 9.60. The van der Waals surface area contributed by atoms with Crippen molar-refractivity contribution in [3.05, 3.63) is 53.7 Å². The summed E-state index contributed by atoms with van der Waals surface area (Å²) < 4.78 is 8.10. The van der Waals surface area contributed by atoms with E-state index in [1.165, 1.54) is 0 Å². The number of hydrogen-bond donors (Lipinski definition) is 1. The van der Waals surface area contributed by atoms with Crippen molar-refractivity contribution in [2.75, 3.05) is 26.2 Å². The van der Waals surface area contributed by atoms with Crippen molar-refractivity contribution in [3.8, 4) is 5.75 Å². The van der Waals surface area contributed by atoms with Gasteiger partial charge in [0.2, 0.25) is 0 Å². The van der Waals surface area contributed by atoms with Crippen LogP contribution in [0.3, 0.4) is 0 Å². The van der Waals surface area contributed by atoms with Gasteiger partial charge in [0.25, 0.3) is 11.8 Å². The van der Waals surface area contributed by atoms with Crippen LogP contribution in [0.4, 0.5) is 0 Å². The Kier molecular flexibility index (Phi) is 4.86. The Morgan fingerprint density at radius 3 is 2.14 bits per heavy atom. The summed E-state index contributed by atoms with van der Waals surface area (Å²) in [6.45, 7) is 7.02. The van der Waals surface area contributed by atoms with Crippen LogP contribution in [0.15, 0.2) is 42.6 Å². The van der Waals surface area contributed by atoms with Crippen LogP contribution in [-0.4, -0.2) is 73.9 Å². The number of nitrogens with one attached hydrogen (secondary N) is 1. The van der Waals surface area contributed by atoms with Gasteiger partial charge in [-0.05, 0) is 73.9 Å². The standard InChI is InChI=1S/C28H30N6O3/c1-15(2)37-26-10-17(9-25-18(26)6-7-32(25)3)28(36)34-13-21-19-11-33(12-20(19)22(21)14-34)27(35)16-4-5-23-24(8-16)30-31-29-23/h4-10,15,19-22H,11-14H2,1-3H3,(H,29,30,31)/t19-,20+,21?,22?. The fourth-order valence-electron chi connectivity index (χ4n) is 6.86. The van der Waals surface area contributed by atoms with E-state index in [9.17, 15) is 9.59 Å². The highest BCUT2D eigenvalue weighted by atomic mass is 16.5. The second kappa shape index (κ2) is 8.06. The average Bonchev–Trinajstić information content (AvgIpc) is 3.65. The number of hydrogen-bond acceptors (Lipinski definition) is 5. The molecule has 9 nitrogen and oxygen atoms in total. The highest BCUT2D eigenvalue weighted by Crippen LogP contribution is 2.54. The molecular formula is C28H30N6O3. The highest BCUT2D eigenvalue weighted by molar-refractivity contribution is 6.00. The topological polar surface area (TPSA) is 96.3 Å². The van der Waals surface area contributed by atoms with Crippen LogP contribution in [0, 0.1) is 23.7 Å². The summed E-state index contributed by atoms with van der Waals surface area (Å²) in [5.41, 5.74) is 3.79. The molecule has 37 heavy (non-hydrogen) atoms. The first kappa shape index (κ1) is 22.3. The molecule has 1 saturated carbocycles. The van der Waals surface area contributed by atoms with Gasteiger partial charge in [-0.3, -0.25) is 9.59 Å². The normalized spacial score (nSPS) is 24.5. The first-order valence-electron chi connectivity index (χ1n) is 13.0. The van der Waals surface area contributed by atoms with Crippen molar-refractivity contribution >= 4 is 33.8 Å². The van der Waals surface area contributed by atoms with Crippen molar-refractivity contribution in [2.45, 2.75) is 20.0 Å². The molecule has 1 aliphatic carbocycles. The van der Waals surface area contributed by atoms with E-state index in [4.69, 9.17) is 4.74 Å². The Morgan fingerprint density at radius 2 is 1.49 bits per heavy atom. The smallest absolute Gasteiger partial charge is 0.254 e. The highest BCUT2D eigenvalue weighted by Gasteiger charge is 2.59. The Bertz CT molecular complexity index is 1530. The maximum atomic E-state index is 13.6. The van der Waals surface area contributed by atoms with Crippen molar-refractivity contribution in [3.63, 3.8) is 0 Å². The second-order valence-electron chi connectivity index (χ2n) is 11.1. The first-order valence-corrected chi connectivity index (χ1v) is 13.0. The average molecular weight is 499 g/mol. The van der Waals surface area contributed by atoms with E-state index in [2.05, 4.69) is 15.4 Å². The summed E-state index contributed by atoms with van der Waals surface area (Å²) in [5.74, 6) is 2.70. The third-order valence-corrected chi connectivity index (χ3v) is 8.64. The first-order chi connectivity index (χ1) is 17.9. The molecule has 4 heterocycles. The van der Waals surface area contributed by atoms with Gasteiger partial charge < -0.3 is 19.1 Å². The zero-order valence-electron chi connectivity index (χ0n) is 21.2. The molecule has 2 unspecified atom stereocenters. The van der Waals surface area contributed by atoms with E-state index >= 15 is 0 Å². The fourth-order valence-corrected chi connectivity index (χ4v) is 6.86. The second-order valence-corrected chi connectivity index (χ2v) is 11.1. The minimum atomic E-state index is 0.0271.